The minimum Gasteiger partial charge on any atom is -0.389 e. The van der Waals surface area contributed by atoms with E-state index in [1.54, 1.807) is 12.1 Å². The van der Waals surface area contributed by atoms with Crippen LogP contribution in [-0.4, -0.2) is 32.2 Å². The quantitative estimate of drug-likeness (QED) is 0.850. The lowest BCUT2D eigenvalue weighted by molar-refractivity contribution is -0.109. The number of aryl methyl sites for hydroxylation is 2. The highest BCUT2D eigenvalue weighted by molar-refractivity contribution is 8.13. The van der Waals surface area contributed by atoms with Crippen LogP contribution in [0.5, 0.6) is 0 Å². The van der Waals surface area contributed by atoms with Crippen LogP contribution < -0.4 is 0 Å². The Balaban J connectivity index is 2.73. The number of hydrogen-bond donors (Lipinski definition) is 2. The number of aliphatic hydroxyl groups excluding tert-OH is 2. The zero-order chi connectivity index (χ0) is 13.0. The first-order valence-corrected chi connectivity index (χ1v) is 6.33. The second-order valence-electron chi connectivity index (χ2n) is 4.00. The third-order valence-electron chi connectivity index (χ3n) is 2.27. The number of pyridine rings is 1. The van der Waals surface area contributed by atoms with Crippen molar-refractivity contribution in [1.29, 1.82) is 0 Å². The van der Waals surface area contributed by atoms with E-state index in [2.05, 4.69) is 4.98 Å². The number of carbonyl (C=O) groups is 1. The summed E-state index contributed by atoms with van der Waals surface area (Å²) in [7, 11) is 0. The molecule has 1 aromatic rings. The predicted molar refractivity (Wildman–Crippen MR) is 67.8 cm³/mol. The maximum Gasteiger partial charge on any atom is 0.185 e. The normalized spacial score (nSPS) is 14.4. The number of carbonyl (C=O) groups excluding carboxylic acids is 1. The average molecular weight is 255 g/mol. The van der Waals surface area contributed by atoms with Crippen LogP contribution in [0.4, 0.5) is 0 Å². The topological polar surface area (TPSA) is 70.4 Å². The SMILES string of the molecule is CC(=O)SCC(O)C(O)c1cc(C)nc(C)c1. The Morgan fingerprint density at radius 3 is 2.35 bits per heavy atom. The molecule has 1 rings (SSSR count). The van der Waals surface area contributed by atoms with E-state index < -0.39 is 12.2 Å². The van der Waals surface area contributed by atoms with Gasteiger partial charge in [-0.2, -0.15) is 0 Å². The zero-order valence-electron chi connectivity index (χ0n) is 10.2. The number of aromatic nitrogens is 1. The molecule has 4 nitrogen and oxygen atoms in total. The Labute approximate surface area is 105 Å². The highest BCUT2D eigenvalue weighted by Crippen LogP contribution is 2.21. The molecule has 2 N–H and O–H groups in total. The van der Waals surface area contributed by atoms with Gasteiger partial charge in [-0.05, 0) is 31.5 Å². The summed E-state index contributed by atoms with van der Waals surface area (Å²) in [5.41, 5.74) is 2.22. The van der Waals surface area contributed by atoms with Crippen LogP contribution in [0, 0.1) is 13.8 Å². The van der Waals surface area contributed by atoms with E-state index in [-0.39, 0.29) is 10.9 Å². The van der Waals surface area contributed by atoms with Gasteiger partial charge >= 0.3 is 0 Å². The van der Waals surface area contributed by atoms with Crippen LogP contribution in [0.1, 0.15) is 30.0 Å². The first-order valence-electron chi connectivity index (χ1n) is 5.35. The molecule has 1 aromatic heterocycles. The summed E-state index contributed by atoms with van der Waals surface area (Å²) in [6.07, 6.45) is -1.94. The van der Waals surface area contributed by atoms with Gasteiger partial charge in [0.1, 0.15) is 6.10 Å². The smallest absolute Gasteiger partial charge is 0.185 e. The van der Waals surface area contributed by atoms with E-state index in [1.165, 1.54) is 6.92 Å². The van der Waals surface area contributed by atoms with Gasteiger partial charge in [0.05, 0.1) is 6.10 Å². The third-order valence-corrected chi connectivity index (χ3v) is 3.18. The Morgan fingerprint density at radius 2 is 1.88 bits per heavy atom. The van der Waals surface area contributed by atoms with Gasteiger partial charge in [0, 0.05) is 24.1 Å². The fourth-order valence-electron chi connectivity index (χ4n) is 1.55. The summed E-state index contributed by atoms with van der Waals surface area (Å²) in [5, 5.41) is 19.6. The van der Waals surface area contributed by atoms with Crippen LogP contribution in [0.25, 0.3) is 0 Å². The van der Waals surface area contributed by atoms with Crippen LogP contribution >= 0.6 is 11.8 Å². The zero-order valence-corrected chi connectivity index (χ0v) is 11.0. The van der Waals surface area contributed by atoms with Crippen molar-refractivity contribution < 1.29 is 15.0 Å². The summed E-state index contributed by atoms with van der Waals surface area (Å²) in [6, 6.07) is 3.47. The first kappa shape index (κ1) is 14.2. The number of nitrogens with zero attached hydrogens (tertiary/aromatic N) is 1. The Morgan fingerprint density at radius 1 is 1.35 bits per heavy atom. The molecule has 17 heavy (non-hydrogen) atoms. The van der Waals surface area contributed by atoms with E-state index in [4.69, 9.17) is 0 Å². The van der Waals surface area contributed by atoms with Crippen LogP contribution in [0.2, 0.25) is 0 Å². The molecular formula is C12H17NO3S. The van der Waals surface area contributed by atoms with Gasteiger partial charge < -0.3 is 10.2 Å². The third kappa shape index (κ3) is 4.46. The molecule has 2 atom stereocenters. The van der Waals surface area contributed by atoms with E-state index in [9.17, 15) is 15.0 Å². The van der Waals surface area contributed by atoms with E-state index in [0.717, 1.165) is 23.1 Å². The highest BCUT2D eigenvalue weighted by Gasteiger charge is 2.19. The van der Waals surface area contributed by atoms with E-state index in [0.29, 0.717) is 5.56 Å². The molecule has 94 valence electrons. The molecule has 0 spiro atoms. The molecule has 0 saturated heterocycles. The molecule has 1 heterocycles. The Kier molecular flexibility index (Phi) is 5.11. The van der Waals surface area contributed by atoms with E-state index >= 15 is 0 Å². The monoisotopic (exact) mass is 255 g/mol. The lowest BCUT2D eigenvalue weighted by atomic mass is 10.0. The number of thioether (sulfide) groups is 1. The molecule has 0 saturated carbocycles. The maximum absolute atomic E-state index is 10.8. The summed E-state index contributed by atoms with van der Waals surface area (Å²) in [4.78, 5) is 15.0. The molecule has 5 heteroatoms. The van der Waals surface area contributed by atoms with Gasteiger partial charge in [0.2, 0.25) is 0 Å². The minimum absolute atomic E-state index is 0.0710. The van der Waals surface area contributed by atoms with Gasteiger partial charge in [-0.3, -0.25) is 9.78 Å². The van der Waals surface area contributed by atoms with Gasteiger partial charge in [-0.25, -0.2) is 0 Å². The molecule has 0 bridgehead atoms. The van der Waals surface area contributed by atoms with Gasteiger partial charge in [0.15, 0.2) is 5.12 Å². The van der Waals surface area contributed by atoms with Crippen molar-refractivity contribution in [2.45, 2.75) is 33.0 Å². The van der Waals surface area contributed by atoms with E-state index in [1.807, 2.05) is 13.8 Å². The fraction of sp³-hybridized carbons (Fsp3) is 0.500. The lowest BCUT2D eigenvalue weighted by Crippen LogP contribution is -2.21. The van der Waals surface area contributed by atoms with Gasteiger partial charge in [0.25, 0.3) is 0 Å². The molecule has 0 aromatic carbocycles. The van der Waals surface area contributed by atoms with Gasteiger partial charge in [-0.15, -0.1) is 0 Å². The van der Waals surface area contributed by atoms with Crippen LogP contribution in [-0.2, 0) is 4.79 Å². The molecule has 0 aliphatic carbocycles. The molecule has 0 aliphatic rings. The van der Waals surface area contributed by atoms with Crippen molar-refractivity contribution in [3.05, 3.63) is 29.1 Å². The second-order valence-corrected chi connectivity index (χ2v) is 5.19. The lowest BCUT2D eigenvalue weighted by Gasteiger charge is -2.18. The number of aliphatic hydroxyl groups is 2. The van der Waals surface area contributed by atoms with Gasteiger partial charge in [-0.1, -0.05) is 11.8 Å². The van der Waals surface area contributed by atoms with Crippen LogP contribution in [0.3, 0.4) is 0 Å². The Hall–Kier alpha value is -0.910. The average Bonchev–Trinajstić information content (AvgIpc) is 2.23. The summed E-state index contributed by atoms with van der Waals surface area (Å²) in [6.45, 7) is 5.10. The summed E-state index contributed by atoms with van der Waals surface area (Å²) >= 11 is 1.01. The first-order chi connectivity index (χ1) is 7.90. The minimum atomic E-state index is -0.984. The Bertz CT molecular complexity index is 388. The second kappa shape index (κ2) is 6.14. The molecule has 0 fully saturated rings. The van der Waals surface area contributed by atoms with Crippen molar-refractivity contribution in [2.75, 3.05) is 5.75 Å². The predicted octanol–water partition coefficient (Wildman–Crippen LogP) is 1.37. The molecular weight excluding hydrogens is 238 g/mol. The molecule has 2 unspecified atom stereocenters. The highest BCUT2D eigenvalue weighted by atomic mass is 32.2. The largest absolute Gasteiger partial charge is 0.389 e. The van der Waals surface area contributed by atoms with Crippen molar-refractivity contribution in [2.24, 2.45) is 0 Å². The summed E-state index contributed by atoms with van der Waals surface area (Å²) in [5.74, 6) is 0.191. The fourth-order valence-corrected chi connectivity index (χ4v) is 2.14. The molecule has 0 radical (unpaired) electrons. The molecule has 0 amide bonds. The maximum atomic E-state index is 10.8. The summed E-state index contributed by atoms with van der Waals surface area (Å²) < 4.78 is 0. The van der Waals surface area contributed by atoms with Crippen molar-refractivity contribution >= 4 is 16.9 Å². The van der Waals surface area contributed by atoms with Crippen LogP contribution in [0.15, 0.2) is 12.1 Å². The number of hydrogen-bond acceptors (Lipinski definition) is 5. The number of rotatable bonds is 4. The van der Waals surface area contributed by atoms with Crippen molar-refractivity contribution in [3.63, 3.8) is 0 Å². The van der Waals surface area contributed by atoms with Crippen molar-refractivity contribution in [3.8, 4) is 0 Å². The van der Waals surface area contributed by atoms with Crippen molar-refractivity contribution in [1.82, 2.24) is 4.98 Å². The molecule has 0 aliphatic heterocycles. The standard InChI is InChI=1S/C12H17NO3S/c1-7-4-10(5-8(2)13-7)12(16)11(15)6-17-9(3)14/h4-5,11-12,15-16H,6H2,1-3H3.